The van der Waals surface area contributed by atoms with Gasteiger partial charge < -0.3 is 20.3 Å². The van der Waals surface area contributed by atoms with E-state index in [1.807, 2.05) is 18.2 Å². The zero-order valence-electron chi connectivity index (χ0n) is 18.5. The normalized spacial score (nSPS) is 14.2. The van der Waals surface area contributed by atoms with Crippen molar-refractivity contribution in [2.75, 3.05) is 56.6 Å². The van der Waals surface area contributed by atoms with E-state index in [-0.39, 0.29) is 6.03 Å². The number of carbonyl (C=O) groups excluding carboxylic acids is 1. The molecule has 174 valence electrons. The van der Waals surface area contributed by atoms with Crippen LogP contribution in [0.2, 0.25) is 5.02 Å². The number of halogens is 1. The van der Waals surface area contributed by atoms with Gasteiger partial charge in [-0.15, -0.1) is 0 Å². The minimum atomic E-state index is -0.214. The van der Waals surface area contributed by atoms with Crippen molar-refractivity contribution in [1.82, 2.24) is 19.6 Å². The lowest BCUT2D eigenvalue weighted by Crippen LogP contribution is -2.48. The number of nitrogens with one attached hydrogen (secondary N) is 2. The molecule has 1 saturated heterocycles. The fourth-order valence-corrected chi connectivity index (χ4v) is 4.47. The molecule has 2 amide bonds. The summed E-state index contributed by atoms with van der Waals surface area (Å²) in [6.07, 6.45) is 0.692. The highest BCUT2D eigenvalue weighted by atomic mass is 35.5. The first kappa shape index (κ1) is 23.3. The molecule has 0 saturated carbocycles. The number of aromatic nitrogens is 2. The van der Waals surface area contributed by atoms with Gasteiger partial charge in [0.15, 0.2) is 0 Å². The highest BCUT2D eigenvalue weighted by Crippen LogP contribution is 2.21. The third-order valence-corrected chi connectivity index (χ3v) is 6.48. The molecular weight excluding hydrogens is 460 g/mol. The summed E-state index contributed by atoms with van der Waals surface area (Å²) in [6, 6.07) is 14.8. The molecule has 0 unspecified atom stereocenters. The number of methoxy groups -OCH3 is 1. The third-order valence-electron chi connectivity index (χ3n) is 5.41. The number of hydrogen-bond acceptors (Lipinski definition) is 7. The molecule has 0 aliphatic carbocycles. The van der Waals surface area contributed by atoms with Crippen LogP contribution in [0.5, 0.6) is 5.75 Å². The molecule has 2 heterocycles. The van der Waals surface area contributed by atoms with Crippen LogP contribution in [-0.4, -0.2) is 66.7 Å². The molecule has 4 rings (SSSR count). The van der Waals surface area contributed by atoms with Gasteiger partial charge in [0.25, 0.3) is 0 Å². The van der Waals surface area contributed by atoms with E-state index in [2.05, 4.69) is 30.9 Å². The molecule has 3 aromatic rings. The van der Waals surface area contributed by atoms with Gasteiger partial charge in [-0.05, 0) is 42.0 Å². The van der Waals surface area contributed by atoms with Gasteiger partial charge in [-0.25, -0.2) is 9.78 Å². The predicted octanol–water partition coefficient (Wildman–Crippen LogP) is 3.73. The highest BCUT2D eigenvalue weighted by Gasteiger charge is 2.20. The Morgan fingerprint density at radius 2 is 1.94 bits per heavy atom. The first-order valence-corrected chi connectivity index (χ1v) is 12.0. The van der Waals surface area contributed by atoms with Gasteiger partial charge in [0.2, 0.25) is 5.13 Å². The van der Waals surface area contributed by atoms with E-state index in [4.69, 9.17) is 21.3 Å². The number of benzene rings is 2. The number of carbonyl (C=O) groups is 1. The molecule has 2 N–H and O–H groups in total. The molecule has 2 aromatic carbocycles. The van der Waals surface area contributed by atoms with E-state index in [9.17, 15) is 4.79 Å². The van der Waals surface area contributed by atoms with Gasteiger partial charge in [0.1, 0.15) is 11.6 Å². The summed E-state index contributed by atoms with van der Waals surface area (Å²) in [5, 5.41) is 7.31. The number of nitrogens with zero attached hydrogens (tertiary/aromatic N) is 4. The largest absolute Gasteiger partial charge is 0.497 e. The Bertz CT molecular complexity index is 1050. The molecule has 0 spiro atoms. The standard InChI is InChI=1S/C23H27ClN6O2S/c1-32-20-4-2-3-17(15-20)16-21-27-23(33-28-21)30-13-11-29(12-14-30)10-9-25-22(31)26-19-7-5-18(24)6-8-19/h2-8,15H,9-14,16H2,1H3,(H2,25,26,31). The van der Waals surface area contributed by atoms with Crippen molar-refractivity contribution in [3.8, 4) is 5.75 Å². The summed E-state index contributed by atoms with van der Waals surface area (Å²) >= 11 is 7.31. The molecule has 10 heteroatoms. The van der Waals surface area contributed by atoms with Crippen LogP contribution in [-0.2, 0) is 6.42 Å². The smallest absolute Gasteiger partial charge is 0.319 e. The summed E-state index contributed by atoms with van der Waals surface area (Å²) in [5.74, 6) is 1.68. The lowest BCUT2D eigenvalue weighted by atomic mass is 10.1. The average molecular weight is 487 g/mol. The Morgan fingerprint density at radius 3 is 2.70 bits per heavy atom. The van der Waals surface area contributed by atoms with Gasteiger partial charge in [-0.3, -0.25) is 4.90 Å². The molecule has 0 radical (unpaired) electrons. The summed E-state index contributed by atoms with van der Waals surface area (Å²) in [7, 11) is 1.67. The van der Waals surface area contributed by atoms with Crippen molar-refractivity contribution < 1.29 is 9.53 Å². The van der Waals surface area contributed by atoms with Crippen LogP contribution in [0.3, 0.4) is 0 Å². The van der Waals surface area contributed by atoms with E-state index in [0.29, 0.717) is 23.7 Å². The average Bonchev–Trinajstić information content (AvgIpc) is 3.29. The second kappa shape index (κ2) is 11.3. The third kappa shape index (κ3) is 6.80. The number of hydrogen-bond donors (Lipinski definition) is 2. The minimum Gasteiger partial charge on any atom is -0.497 e. The number of urea groups is 1. The molecule has 1 aromatic heterocycles. The van der Waals surface area contributed by atoms with E-state index in [0.717, 1.165) is 55.0 Å². The Morgan fingerprint density at radius 1 is 1.15 bits per heavy atom. The number of anilines is 2. The van der Waals surface area contributed by atoms with Crippen LogP contribution >= 0.6 is 23.1 Å². The molecule has 8 nitrogen and oxygen atoms in total. The fraction of sp³-hybridized carbons (Fsp3) is 0.348. The van der Waals surface area contributed by atoms with Gasteiger partial charge in [0.05, 0.1) is 7.11 Å². The summed E-state index contributed by atoms with van der Waals surface area (Å²) < 4.78 is 9.83. The first-order chi connectivity index (χ1) is 16.1. The monoisotopic (exact) mass is 486 g/mol. The first-order valence-electron chi connectivity index (χ1n) is 10.8. The van der Waals surface area contributed by atoms with E-state index in [1.165, 1.54) is 11.5 Å². The van der Waals surface area contributed by atoms with Crippen LogP contribution in [0, 0.1) is 0 Å². The van der Waals surface area contributed by atoms with Crippen LogP contribution in [0.4, 0.5) is 15.6 Å². The van der Waals surface area contributed by atoms with Crippen molar-refractivity contribution in [2.45, 2.75) is 6.42 Å². The number of amides is 2. The van der Waals surface area contributed by atoms with Gasteiger partial charge in [-0.2, -0.15) is 4.37 Å². The molecule has 1 aliphatic heterocycles. The Labute approximate surface area is 202 Å². The lowest BCUT2D eigenvalue weighted by Gasteiger charge is -2.34. The molecule has 0 atom stereocenters. The highest BCUT2D eigenvalue weighted by molar-refractivity contribution is 7.09. The predicted molar refractivity (Wildman–Crippen MR) is 133 cm³/mol. The van der Waals surface area contributed by atoms with Crippen LogP contribution in [0.1, 0.15) is 11.4 Å². The van der Waals surface area contributed by atoms with E-state index in [1.54, 1.807) is 31.4 Å². The Hall–Kier alpha value is -2.88. The van der Waals surface area contributed by atoms with Crippen molar-refractivity contribution in [2.24, 2.45) is 0 Å². The minimum absolute atomic E-state index is 0.214. The lowest BCUT2D eigenvalue weighted by molar-refractivity contribution is 0.240. The van der Waals surface area contributed by atoms with Crippen molar-refractivity contribution in [3.05, 3.63) is 64.9 Å². The van der Waals surface area contributed by atoms with Gasteiger partial charge in [-0.1, -0.05) is 23.7 Å². The van der Waals surface area contributed by atoms with Crippen LogP contribution in [0.25, 0.3) is 0 Å². The fourth-order valence-electron chi connectivity index (χ4n) is 3.61. The maximum Gasteiger partial charge on any atom is 0.319 e. The number of ether oxygens (including phenoxy) is 1. The van der Waals surface area contributed by atoms with Crippen LogP contribution in [0.15, 0.2) is 48.5 Å². The maximum atomic E-state index is 12.0. The zero-order chi connectivity index (χ0) is 23.0. The Kier molecular flexibility index (Phi) is 7.98. The topological polar surface area (TPSA) is 82.6 Å². The Balaban J connectivity index is 1.17. The van der Waals surface area contributed by atoms with Gasteiger partial charge in [0, 0.05) is 67.9 Å². The maximum absolute atomic E-state index is 12.0. The van der Waals surface area contributed by atoms with Crippen LogP contribution < -0.4 is 20.3 Å². The van der Waals surface area contributed by atoms with Crippen molar-refractivity contribution >= 4 is 40.0 Å². The molecule has 1 aliphatic rings. The summed E-state index contributed by atoms with van der Waals surface area (Å²) in [4.78, 5) is 21.4. The second-order valence-electron chi connectivity index (χ2n) is 7.74. The number of piperazine rings is 1. The quantitative estimate of drug-likeness (QED) is 0.505. The van der Waals surface area contributed by atoms with Crippen molar-refractivity contribution in [1.29, 1.82) is 0 Å². The number of rotatable bonds is 8. The molecule has 1 fully saturated rings. The second-order valence-corrected chi connectivity index (χ2v) is 8.90. The molecule has 0 bridgehead atoms. The van der Waals surface area contributed by atoms with E-state index >= 15 is 0 Å². The van der Waals surface area contributed by atoms with E-state index < -0.39 is 0 Å². The zero-order valence-corrected chi connectivity index (χ0v) is 20.0. The van der Waals surface area contributed by atoms with Crippen molar-refractivity contribution in [3.63, 3.8) is 0 Å². The summed E-state index contributed by atoms with van der Waals surface area (Å²) in [5.41, 5.74) is 1.85. The molecular formula is C23H27ClN6O2S. The summed E-state index contributed by atoms with van der Waals surface area (Å²) in [6.45, 7) is 5.02. The molecule has 33 heavy (non-hydrogen) atoms. The van der Waals surface area contributed by atoms with Gasteiger partial charge >= 0.3 is 6.03 Å². The SMILES string of the molecule is COc1cccc(Cc2nsc(N3CCN(CCNC(=O)Nc4ccc(Cl)cc4)CC3)n2)c1.